The van der Waals surface area contributed by atoms with Crippen molar-refractivity contribution in [2.45, 2.75) is 44.8 Å². The van der Waals surface area contributed by atoms with Crippen LogP contribution in [0.2, 0.25) is 0 Å². The fraction of sp³-hybridized carbons (Fsp3) is 0.857. The monoisotopic (exact) mass is 265 g/mol. The highest BCUT2D eigenvalue weighted by molar-refractivity contribution is 5.80. The molecule has 5 nitrogen and oxygen atoms in total. The Labute approximate surface area is 114 Å². The molecule has 3 atom stereocenters. The Morgan fingerprint density at radius 1 is 1.63 bits per heavy atom. The van der Waals surface area contributed by atoms with E-state index in [0.29, 0.717) is 19.0 Å². The van der Waals surface area contributed by atoms with E-state index in [9.17, 15) is 4.79 Å². The molecule has 2 saturated heterocycles. The van der Waals surface area contributed by atoms with Crippen LogP contribution in [0.4, 0.5) is 0 Å². The van der Waals surface area contributed by atoms with Crippen molar-refractivity contribution in [3.63, 3.8) is 0 Å². The van der Waals surface area contributed by atoms with Crippen molar-refractivity contribution in [3.8, 4) is 6.07 Å². The Morgan fingerprint density at radius 2 is 2.47 bits per heavy atom. The zero-order chi connectivity index (χ0) is 13.7. The number of fused-ring (bicyclic) bond motifs is 1. The average molecular weight is 265 g/mol. The second-order valence-corrected chi connectivity index (χ2v) is 5.46. The summed E-state index contributed by atoms with van der Waals surface area (Å²) in [6.45, 7) is 5.32. The maximum atomic E-state index is 11.8. The number of hydrogen-bond donors (Lipinski definition) is 1. The van der Waals surface area contributed by atoms with E-state index in [4.69, 9.17) is 10.00 Å². The second-order valence-electron chi connectivity index (χ2n) is 5.46. The minimum Gasteiger partial charge on any atom is -0.373 e. The number of amides is 1. The van der Waals surface area contributed by atoms with E-state index >= 15 is 0 Å². The molecule has 0 aromatic carbocycles. The molecule has 0 aromatic heterocycles. The van der Waals surface area contributed by atoms with Crippen molar-refractivity contribution < 1.29 is 9.53 Å². The molecule has 1 N–H and O–H groups in total. The number of carbonyl (C=O) groups excluding carboxylic acids is 1. The van der Waals surface area contributed by atoms with Gasteiger partial charge in [-0.3, -0.25) is 9.69 Å². The first-order valence-corrected chi connectivity index (χ1v) is 7.27. The Balaban J connectivity index is 1.73. The molecule has 2 aliphatic rings. The lowest BCUT2D eigenvalue weighted by molar-refractivity contribution is -0.125. The van der Waals surface area contributed by atoms with E-state index in [1.54, 1.807) is 0 Å². The molecule has 1 amide bonds. The SMILES string of the molecule is CCCC(C#N)C(=O)NCC1CN2CCCC2CO1. The van der Waals surface area contributed by atoms with Crippen molar-refractivity contribution in [3.05, 3.63) is 0 Å². The van der Waals surface area contributed by atoms with Gasteiger partial charge in [0.25, 0.3) is 0 Å². The average Bonchev–Trinajstić information content (AvgIpc) is 2.89. The summed E-state index contributed by atoms with van der Waals surface area (Å²) >= 11 is 0. The van der Waals surface area contributed by atoms with Gasteiger partial charge in [-0.2, -0.15) is 5.26 Å². The minimum atomic E-state index is -0.520. The minimum absolute atomic E-state index is 0.0688. The van der Waals surface area contributed by atoms with Gasteiger partial charge in [0.1, 0.15) is 5.92 Å². The Morgan fingerprint density at radius 3 is 3.21 bits per heavy atom. The van der Waals surface area contributed by atoms with Crippen molar-refractivity contribution >= 4 is 5.91 Å². The van der Waals surface area contributed by atoms with Gasteiger partial charge in [-0.15, -0.1) is 0 Å². The number of nitrogens with zero attached hydrogens (tertiary/aromatic N) is 2. The van der Waals surface area contributed by atoms with Gasteiger partial charge in [0.05, 0.1) is 18.8 Å². The maximum Gasteiger partial charge on any atom is 0.237 e. The molecule has 2 fully saturated rings. The summed E-state index contributed by atoms with van der Waals surface area (Å²) in [7, 11) is 0. The maximum absolute atomic E-state index is 11.8. The van der Waals surface area contributed by atoms with Gasteiger partial charge in [-0.05, 0) is 25.8 Å². The molecule has 3 unspecified atom stereocenters. The van der Waals surface area contributed by atoms with Crippen LogP contribution in [0, 0.1) is 17.2 Å². The molecule has 2 rings (SSSR count). The molecule has 2 aliphatic heterocycles. The van der Waals surface area contributed by atoms with Crippen LogP contribution < -0.4 is 5.32 Å². The molecule has 19 heavy (non-hydrogen) atoms. The van der Waals surface area contributed by atoms with E-state index < -0.39 is 5.92 Å². The zero-order valence-corrected chi connectivity index (χ0v) is 11.6. The molecule has 0 radical (unpaired) electrons. The van der Waals surface area contributed by atoms with Crippen molar-refractivity contribution in [2.75, 3.05) is 26.2 Å². The fourth-order valence-electron chi connectivity index (χ4n) is 2.89. The van der Waals surface area contributed by atoms with E-state index in [2.05, 4.69) is 16.3 Å². The third kappa shape index (κ3) is 3.68. The summed E-state index contributed by atoms with van der Waals surface area (Å²) in [4.78, 5) is 14.3. The van der Waals surface area contributed by atoms with Crippen LogP contribution in [0.1, 0.15) is 32.6 Å². The number of morpholine rings is 1. The molecule has 0 aromatic rings. The quantitative estimate of drug-likeness (QED) is 0.802. The Hall–Kier alpha value is -1.12. The van der Waals surface area contributed by atoms with Crippen molar-refractivity contribution in [1.29, 1.82) is 5.26 Å². The molecule has 2 heterocycles. The van der Waals surface area contributed by atoms with Crippen LogP contribution in [0.25, 0.3) is 0 Å². The topological polar surface area (TPSA) is 65.4 Å². The van der Waals surface area contributed by atoms with Crippen molar-refractivity contribution in [2.24, 2.45) is 5.92 Å². The first kappa shape index (κ1) is 14.3. The van der Waals surface area contributed by atoms with E-state index in [0.717, 1.165) is 26.1 Å². The van der Waals surface area contributed by atoms with Gasteiger partial charge < -0.3 is 10.1 Å². The number of carbonyl (C=O) groups is 1. The highest BCUT2D eigenvalue weighted by Crippen LogP contribution is 2.22. The summed E-state index contributed by atoms with van der Waals surface area (Å²) in [6, 6.07) is 2.65. The molecule has 0 saturated carbocycles. The van der Waals surface area contributed by atoms with Gasteiger partial charge in [-0.25, -0.2) is 0 Å². The summed E-state index contributed by atoms with van der Waals surface area (Å²) in [5.41, 5.74) is 0. The number of hydrogen-bond acceptors (Lipinski definition) is 4. The second kappa shape index (κ2) is 6.88. The standard InChI is InChI=1S/C14H23N3O2/c1-2-4-11(7-15)14(18)16-8-13-9-17-6-3-5-12(17)10-19-13/h11-13H,2-6,8-10H2,1H3,(H,16,18). The van der Waals surface area contributed by atoms with Gasteiger partial charge >= 0.3 is 0 Å². The fourth-order valence-corrected chi connectivity index (χ4v) is 2.89. The first-order valence-electron chi connectivity index (χ1n) is 7.27. The lowest BCUT2D eigenvalue weighted by Crippen LogP contribution is -2.50. The highest BCUT2D eigenvalue weighted by atomic mass is 16.5. The summed E-state index contributed by atoms with van der Waals surface area (Å²) < 4.78 is 5.78. The number of nitrogens with one attached hydrogen (secondary N) is 1. The third-order valence-electron chi connectivity index (χ3n) is 4.02. The molecule has 0 bridgehead atoms. The summed E-state index contributed by atoms with van der Waals surface area (Å²) in [6.07, 6.45) is 4.02. The molecule has 0 spiro atoms. The van der Waals surface area contributed by atoms with Gasteiger partial charge in [0, 0.05) is 19.1 Å². The van der Waals surface area contributed by atoms with Crippen molar-refractivity contribution in [1.82, 2.24) is 10.2 Å². The van der Waals surface area contributed by atoms with E-state index in [-0.39, 0.29) is 12.0 Å². The predicted octanol–water partition coefficient (Wildman–Crippen LogP) is 0.906. The lowest BCUT2D eigenvalue weighted by Gasteiger charge is -2.35. The summed E-state index contributed by atoms with van der Waals surface area (Å²) in [5, 5.41) is 11.8. The van der Waals surface area contributed by atoms with Gasteiger partial charge in [0.2, 0.25) is 5.91 Å². The Bertz CT molecular complexity index is 353. The normalized spacial score (nSPS) is 28.4. The van der Waals surface area contributed by atoms with Crippen LogP contribution in [-0.4, -0.2) is 49.2 Å². The van der Waals surface area contributed by atoms with Crippen LogP contribution in [0.15, 0.2) is 0 Å². The van der Waals surface area contributed by atoms with E-state index in [1.807, 2.05) is 6.92 Å². The molecule has 0 aliphatic carbocycles. The highest BCUT2D eigenvalue weighted by Gasteiger charge is 2.32. The largest absolute Gasteiger partial charge is 0.373 e. The third-order valence-corrected chi connectivity index (χ3v) is 4.02. The molecule has 5 heteroatoms. The van der Waals surface area contributed by atoms with Crippen LogP contribution in [-0.2, 0) is 9.53 Å². The Kier molecular flexibility index (Phi) is 5.17. The molecular formula is C14H23N3O2. The molecular weight excluding hydrogens is 242 g/mol. The van der Waals surface area contributed by atoms with Gasteiger partial charge in [-0.1, -0.05) is 13.3 Å². The van der Waals surface area contributed by atoms with Crippen LogP contribution in [0.5, 0.6) is 0 Å². The first-order chi connectivity index (χ1) is 9.24. The predicted molar refractivity (Wildman–Crippen MR) is 71.4 cm³/mol. The summed E-state index contributed by atoms with van der Waals surface area (Å²) in [5.74, 6) is -0.676. The number of nitriles is 1. The van der Waals surface area contributed by atoms with Gasteiger partial charge in [0.15, 0.2) is 0 Å². The molecule has 106 valence electrons. The van der Waals surface area contributed by atoms with E-state index in [1.165, 1.54) is 12.8 Å². The number of ether oxygens (including phenoxy) is 1. The smallest absolute Gasteiger partial charge is 0.237 e. The van der Waals surface area contributed by atoms with Crippen LogP contribution >= 0.6 is 0 Å². The zero-order valence-electron chi connectivity index (χ0n) is 11.6. The lowest BCUT2D eigenvalue weighted by atomic mass is 10.0. The van der Waals surface area contributed by atoms with Crippen LogP contribution in [0.3, 0.4) is 0 Å². The number of rotatable bonds is 5.